The molecule has 0 radical (unpaired) electrons. The number of Topliss-reactive ketones (excluding diaryl/α,β-unsaturated/α-hetero) is 1. The molecule has 14 heteroatoms. The fourth-order valence-corrected chi connectivity index (χ4v) is 9.53. The lowest BCUT2D eigenvalue weighted by atomic mass is 9.47. The molecule has 3 fully saturated rings. The van der Waals surface area contributed by atoms with Gasteiger partial charge in [-0.05, 0) is 84.1 Å². The molecule has 310 valence electrons. The number of carbonyl (C=O) groups is 5. The van der Waals surface area contributed by atoms with Crippen molar-refractivity contribution in [2.24, 2.45) is 22.7 Å². The smallest absolute Gasteiger partial charge is 0.412 e. The molecule has 1 heterocycles. The SMILES string of the molecule is CO[C@H]1C(=O)[C@@]2(C)[C@@H]([C@@H](OC(C)=O)C(C)C[C@@H]2OC)[C@H](OC(=O)c2ccccc2)[C@]2(O)C[C@H](OC(=O)C3CN(C(=O)OC(C)(C)C)C(C)(C)O3)C(C)=C1C2(C)C. The summed E-state index contributed by atoms with van der Waals surface area (Å²) in [4.78, 5) is 70.8. The predicted molar refractivity (Wildman–Crippen MR) is 201 cm³/mol. The highest BCUT2D eigenvalue weighted by Crippen LogP contribution is 2.61. The third-order valence-electron chi connectivity index (χ3n) is 12.5. The number of aliphatic hydroxyl groups is 1. The van der Waals surface area contributed by atoms with Crippen LogP contribution in [0.25, 0.3) is 0 Å². The van der Waals surface area contributed by atoms with Crippen LogP contribution >= 0.6 is 0 Å². The minimum atomic E-state index is -2.09. The summed E-state index contributed by atoms with van der Waals surface area (Å²) in [7, 11) is 2.87. The second-order valence-corrected chi connectivity index (χ2v) is 17.9. The summed E-state index contributed by atoms with van der Waals surface area (Å²) in [6.07, 6.45) is -7.68. The molecule has 1 aromatic rings. The fraction of sp³-hybridized carbons (Fsp3) is 0.690. The minimum Gasteiger partial charge on any atom is -0.462 e. The summed E-state index contributed by atoms with van der Waals surface area (Å²) in [6, 6.07) is 8.23. The largest absolute Gasteiger partial charge is 0.462 e. The lowest BCUT2D eigenvalue weighted by Gasteiger charge is -2.62. The van der Waals surface area contributed by atoms with Gasteiger partial charge in [0.1, 0.15) is 41.3 Å². The van der Waals surface area contributed by atoms with Gasteiger partial charge in [0.2, 0.25) is 0 Å². The Bertz CT molecular complexity index is 1750. The minimum absolute atomic E-state index is 0.171. The number of benzene rings is 1. The summed E-state index contributed by atoms with van der Waals surface area (Å²) in [6.45, 7) is 18.3. The third kappa shape index (κ3) is 7.38. The monoisotopic (exact) mass is 785 g/mol. The molecular formula is C42H59NO13. The number of ketones is 1. The highest BCUT2D eigenvalue weighted by molar-refractivity contribution is 5.94. The predicted octanol–water partition coefficient (Wildman–Crippen LogP) is 5.18. The number of hydrogen-bond donors (Lipinski definition) is 1. The molecule has 5 rings (SSSR count). The van der Waals surface area contributed by atoms with E-state index in [2.05, 4.69) is 0 Å². The normalized spacial score (nSPS) is 35.1. The van der Waals surface area contributed by atoms with E-state index in [1.165, 1.54) is 26.0 Å². The number of rotatable bonds is 7. The summed E-state index contributed by atoms with van der Waals surface area (Å²) in [5.74, 6) is -4.24. The zero-order chi connectivity index (χ0) is 41.9. The number of hydrogen-bond acceptors (Lipinski definition) is 13. The van der Waals surface area contributed by atoms with Crippen molar-refractivity contribution < 1.29 is 62.2 Å². The second-order valence-electron chi connectivity index (χ2n) is 17.9. The van der Waals surface area contributed by atoms with Crippen LogP contribution < -0.4 is 0 Å². The highest BCUT2D eigenvalue weighted by Gasteiger charge is 2.72. The molecule has 1 saturated heterocycles. The molecule has 1 aliphatic heterocycles. The molecule has 4 aliphatic rings. The molecule has 14 nitrogen and oxygen atoms in total. The van der Waals surface area contributed by atoms with Crippen molar-refractivity contribution in [3.63, 3.8) is 0 Å². The van der Waals surface area contributed by atoms with Gasteiger partial charge in [0.15, 0.2) is 11.9 Å². The van der Waals surface area contributed by atoms with Gasteiger partial charge in [-0.2, -0.15) is 0 Å². The summed E-state index contributed by atoms with van der Waals surface area (Å²) in [5, 5.41) is 13.6. The maximum Gasteiger partial charge on any atom is 0.412 e. The highest BCUT2D eigenvalue weighted by atomic mass is 16.6. The first-order chi connectivity index (χ1) is 25.8. The van der Waals surface area contributed by atoms with E-state index >= 15 is 4.79 Å². The van der Waals surface area contributed by atoms with E-state index in [0.29, 0.717) is 17.6 Å². The van der Waals surface area contributed by atoms with Crippen LogP contribution in [0, 0.1) is 22.7 Å². The van der Waals surface area contributed by atoms with E-state index in [0.717, 1.165) is 0 Å². The van der Waals surface area contributed by atoms with Crippen molar-refractivity contribution in [2.75, 3.05) is 20.8 Å². The Hall–Kier alpha value is -3.85. The van der Waals surface area contributed by atoms with Crippen LogP contribution in [0.3, 0.4) is 0 Å². The van der Waals surface area contributed by atoms with Crippen LogP contribution in [0.15, 0.2) is 41.5 Å². The van der Waals surface area contributed by atoms with Crippen LogP contribution in [0.4, 0.5) is 4.79 Å². The number of nitrogens with zero attached hydrogens (tertiary/aromatic N) is 1. The number of carbonyl (C=O) groups excluding carboxylic acids is 5. The van der Waals surface area contributed by atoms with Crippen molar-refractivity contribution >= 4 is 29.8 Å². The maximum absolute atomic E-state index is 15.4. The van der Waals surface area contributed by atoms with Gasteiger partial charge in [0, 0.05) is 33.0 Å². The first-order valence-corrected chi connectivity index (χ1v) is 19.2. The zero-order valence-electron chi connectivity index (χ0n) is 34.9. The maximum atomic E-state index is 15.4. The van der Waals surface area contributed by atoms with Crippen molar-refractivity contribution in [1.82, 2.24) is 4.90 Å². The Morgan fingerprint density at radius 3 is 2.12 bits per heavy atom. The van der Waals surface area contributed by atoms with Crippen LogP contribution in [0.2, 0.25) is 0 Å². The van der Waals surface area contributed by atoms with E-state index in [-0.39, 0.29) is 18.5 Å². The van der Waals surface area contributed by atoms with Gasteiger partial charge in [-0.15, -0.1) is 0 Å². The Kier molecular flexibility index (Phi) is 11.7. The molecule has 10 atom stereocenters. The van der Waals surface area contributed by atoms with E-state index in [1.807, 2.05) is 6.92 Å². The average molecular weight is 786 g/mol. The van der Waals surface area contributed by atoms with Crippen LogP contribution in [-0.4, -0.2) is 114 Å². The lowest BCUT2D eigenvalue weighted by Crippen LogP contribution is -2.74. The molecule has 0 aromatic heterocycles. The van der Waals surface area contributed by atoms with Crippen molar-refractivity contribution in [3.8, 4) is 0 Å². The van der Waals surface area contributed by atoms with Crippen LogP contribution in [0.1, 0.15) is 99.4 Å². The molecule has 2 unspecified atom stereocenters. The quantitative estimate of drug-likeness (QED) is 0.218. The molecule has 1 N–H and O–H groups in total. The molecule has 2 bridgehead atoms. The number of amides is 1. The van der Waals surface area contributed by atoms with Crippen molar-refractivity contribution in [2.45, 2.75) is 143 Å². The van der Waals surface area contributed by atoms with Gasteiger partial charge in [-0.25, -0.2) is 14.4 Å². The molecule has 0 spiro atoms. The number of esters is 3. The molecule has 3 aliphatic carbocycles. The first-order valence-electron chi connectivity index (χ1n) is 19.2. The fourth-order valence-electron chi connectivity index (χ4n) is 9.53. The van der Waals surface area contributed by atoms with E-state index < -0.39 is 106 Å². The van der Waals surface area contributed by atoms with Crippen LogP contribution in [-0.2, 0) is 47.5 Å². The summed E-state index contributed by atoms with van der Waals surface area (Å²) < 4.78 is 42.4. The summed E-state index contributed by atoms with van der Waals surface area (Å²) >= 11 is 0. The first kappa shape index (κ1) is 43.3. The van der Waals surface area contributed by atoms with Gasteiger partial charge in [0.05, 0.1) is 29.5 Å². The zero-order valence-corrected chi connectivity index (χ0v) is 34.9. The molecule has 1 amide bonds. The standard InChI is InChI=1S/C42H59NO13/c1-22-19-28(50-12)41(11)30(31(22)52-24(3)44)34(54-35(46)25-17-15-14-16-18-25)42(49)20-26(23(2)29(39(42,7)8)32(51-13)33(41)45)53-36(47)27-21-43(40(9,10)55-27)37(48)56-38(4,5)6/h14-18,22,26-28,30-32,34,49H,19-21H2,1-13H3/t22?,26-,27?,28-,30-,31-,32+,34-,41+,42+/m0/s1. The van der Waals surface area contributed by atoms with Gasteiger partial charge in [-0.1, -0.05) is 39.0 Å². The topological polar surface area (TPSA) is 173 Å². The Balaban J connectivity index is 1.68. The van der Waals surface area contributed by atoms with Gasteiger partial charge >= 0.3 is 24.0 Å². The van der Waals surface area contributed by atoms with Gasteiger partial charge in [-0.3, -0.25) is 14.5 Å². The van der Waals surface area contributed by atoms with E-state index in [4.69, 9.17) is 33.2 Å². The molecule has 2 saturated carbocycles. The second kappa shape index (κ2) is 15.1. The molecular weight excluding hydrogens is 726 g/mol. The van der Waals surface area contributed by atoms with Crippen LogP contribution in [0.5, 0.6) is 0 Å². The number of fused-ring (bicyclic) bond motifs is 3. The van der Waals surface area contributed by atoms with E-state index in [1.54, 1.807) is 92.6 Å². The Morgan fingerprint density at radius 1 is 0.946 bits per heavy atom. The number of ether oxygens (including phenoxy) is 7. The third-order valence-corrected chi connectivity index (χ3v) is 12.5. The average Bonchev–Trinajstić information content (AvgIpc) is 3.43. The molecule has 56 heavy (non-hydrogen) atoms. The molecule has 1 aromatic carbocycles. The number of methoxy groups -OCH3 is 2. The van der Waals surface area contributed by atoms with E-state index in [9.17, 15) is 24.3 Å². The summed E-state index contributed by atoms with van der Waals surface area (Å²) in [5.41, 5.74) is -6.04. The Labute approximate surface area is 329 Å². The van der Waals surface area contributed by atoms with Crippen molar-refractivity contribution in [1.29, 1.82) is 0 Å². The van der Waals surface area contributed by atoms with Crippen molar-refractivity contribution in [3.05, 3.63) is 47.0 Å². The lowest BCUT2D eigenvalue weighted by molar-refractivity contribution is -0.250. The van der Waals surface area contributed by atoms with Gasteiger partial charge < -0.3 is 38.3 Å². The Morgan fingerprint density at radius 2 is 1.57 bits per heavy atom. The van der Waals surface area contributed by atoms with Gasteiger partial charge in [0.25, 0.3) is 0 Å².